The molecule has 0 aliphatic carbocycles. The van der Waals surface area contributed by atoms with Gasteiger partial charge < -0.3 is 20.1 Å². The quantitative estimate of drug-likeness (QED) is 0.862. The predicted molar refractivity (Wildman–Crippen MR) is 97.3 cm³/mol. The van der Waals surface area contributed by atoms with Gasteiger partial charge in [0.05, 0.1) is 12.6 Å². The Morgan fingerprint density at radius 1 is 1.19 bits per heavy atom. The second-order valence-electron chi connectivity index (χ2n) is 6.29. The number of nitrogens with zero attached hydrogens (tertiary/aromatic N) is 1. The molecule has 1 aliphatic heterocycles. The van der Waals surface area contributed by atoms with Gasteiger partial charge in [0.1, 0.15) is 12.7 Å². The third-order valence-corrected chi connectivity index (χ3v) is 4.40. The van der Waals surface area contributed by atoms with Crippen LogP contribution in [0.5, 0.6) is 0 Å². The molecule has 26 heavy (non-hydrogen) atoms. The Hall–Kier alpha value is -2.70. The zero-order valence-electron chi connectivity index (χ0n) is 14.6. The van der Waals surface area contributed by atoms with Gasteiger partial charge in [-0.1, -0.05) is 42.5 Å². The van der Waals surface area contributed by atoms with Crippen LogP contribution >= 0.6 is 0 Å². The van der Waals surface area contributed by atoms with Crippen molar-refractivity contribution >= 4 is 17.5 Å². The summed E-state index contributed by atoms with van der Waals surface area (Å²) in [6.07, 6.45) is -0.423. The number of morpholine rings is 1. The SMILES string of the molecule is CC(=O)Nc1ccc([C@H]2OCC(=O)N(Cc3ccccc3)[C@@H]2CO)cc1. The fraction of sp³-hybridized carbons (Fsp3) is 0.300. The number of aliphatic hydroxyl groups excluding tert-OH is 1. The number of ether oxygens (including phenoxy) is 1. The first-order chi connectivity index (χ1) is 12.6. The Morgan fingerprint density at radius 2 is 1.88 bits per heavy atom. The molecule has 3 rings (SSSR count). The number of carbonyl (C=O) groups is 2. The predicted octanol–water partition coefficient (Wildman–Crippen LogP) is 2.11. The molecule has 0 aromatic heterocycles. The molecule has 2 amide bonds. The van der Waals surface area contributed by atoms with Crippen molar-refractivity contribution in [3.63, 3.8) is 0 Å². The molecule has 6 heteroatoms. The maximum atomic E-state index is 12.4. The molecule has 2 aromatic carbocycles. The second-order valence-corrected chi connectivity index (χ2v) is 6.29. The van der Waals surface area contributed by atoms with Gasteiger partial charge in [-0.2, -0.15) is 0 Å². The van der Waals surface area contributed by atoms with Crippen LogP contribution in [0.1, 0.15) is 24.2 Å². The number of benzene rings is 2. The molecule has 0 bridgehead atoms. The van der Waals surface area contributed by atoms with Gasteiger partial charge in [0.25, 0.3) is 0 Å². The van der Waals surface area contributed by atoms with Gasteiger partial charge in [-0.25, -0.2) is 0 Å². The van der Waals surface area contributed by atoms with Crippen LogP contribution in [0.15, 0.2) is 54.6 Å². The van der Waals surface area contributed by atoms with Crippen LogP contribution in [0.4, 0.5) is 5.69 Å². The maximum absolute atomic E-state index is 12.4. The molecule has 1 aliphatic rings. The molecular formula is C20H22N2O4. The molecule has 0 saturated carbocycles. The van der Waals surface area contributed by atoms with Crippen LogP contribution in [0.25, 0.3) is 0 Å². The number of rotatable bonds is 5. The molecule has 0 unspecified atom stereocenters. The number of hydrogen-bond acceptors (Lipinski definition) is 4. The van der Waals surface area contributed by atoms with Crippen molar-refractivity contribution in [3.05, 3.63) is 65.7 Å². The summed E-state index contributed by atoms with van der Waals surface area (Å²) in [6, 6.07) is 16.5. The molecule has 1 fully saturated rings. The molecular weight excluding hydrogens is 332 g/mol. The van der Waals surface area contributed by atoms with E-state index in [2.05, 4.69) is 5.32 Å². The van der Waals surface area contributed by atoms with Gasteiger partial charge in [-0.15, -0.1) is 0 Å². The Kier molecular flexibility index (Phi) is 5.65. The Labute approximate surface area is 152 Å². The number of anilines is 1. The number of hydrogen-bond donors (Lipinski definition) is 2. The van der Waals surface area contributed by atoms with E-state index in [0.717, 1.165) is 11.1 Å². The second kappa shape index (κ2) is 8.12. The lowest BCUT2D eigenvalue weighted by Gasteiger charge is -2.40. The Bertz CT molecular complexity index is 761. The average molecular weight is 354 g/mol. The van der Waals surface area contributed by atoms with E-state index in [1.165, 1.54) is 6.92 Å². The summed E-state index contributed by atoms with van der Waals surface area (Å²) in [5.74, 6) is -0.279. The van der Waals surface area contributed by atoms with Gasteiger partial charge in [-0.05, 0) is 23.3 Å². The summed E-state index contributed by atoms with van der Waals surface area (Å²) in [4.78, 5) is 25.2. The minimum Gasteiger partial charge on any atom is -0.394 e. The molecule has 0 spiro atoms. The van der Waals surface area contributed by atoms with Gasteiger partial charge >= 0.3 is 0 Å². The van der Waals surface area contributed by atoms with Crippen molar-refractivity contribution in [1.82, 2.24) is 4.90 Å². The normalized spacial score (nSPS) is 20.1. The monoisotopic (exact) mass is 354 g/mol. The number of nitrogens with one attached hydrogen (secondary N) is 1. The standard InChI is InChI=1S/C20H22N2O4/c1-14(24)21-17-9-7-16(8-10-17)20-18(12-23)22(19(25)13-26-20)11-15-5-3-2-4-6-15/h2-10,18,20,23H,11-13H2,1H3,(H,21,24)/t18-,20-/m1/s1. The van der Waals surface area contributed by atoms with E-state index >= 15 is 0 Å². The molecule has 1 saturated heterocycles. The molecule has 2 N–H and O–H groups in total. The lowest BCUT2D eigenvalue weighted by atomic mass is 9.98. The zero-order chi connectivity index (χ0) is 18.5. The molecule has 0 radical (unpaired) electrons. The minimum atomic E-state index is -0.469. The fourth-order valence-corrected chi connectivity index (χ4v) is 3.16. The number of aliphatic hydroxyl groups is 1. The molecule has 1 heterocycles. The van der Waals surface area contributed by atoms with Crippen LogP contribution in [-0.2, 0) is 20.9 Å². The topological polar surface area (TPSA) is 78.9 Å². The van der Waals surface area contributed by atoms with E-state index < -0.39 is 12.1 Å². The largest absolute Gasteiger partial charge is 0.394 e. The van der Waals surface area contributed by atoms with Crippen LogP contribution in [-0.4, -0.2) is 41.1 Å². The summed E-state index contributed by atoms with van der Waals surface area (Å²) in [7, 11) is 0. The molecule has 136 valence electrons. The Balaban J connectivity index is 1.80. The van der Waals surface area contributed by atoms with Crippen molar-refractivity contribution in [2.45, 2.75) is 25.6 Å². The first kappa shape index (κ1) is 18.1. The highest BCUT2D eigenvalue weighted by atomic mass is 16.5. The van der Waals surface area contributed by atoms with Gasteiger partial charge in [-0.3, -0.25) is 9.59 Å². The van der Waals surface area contributed by atoms with Crippen molar-refractivity contribution < 1.29 is 19.4 Å². The van der Waals surface area contributed by atoms with Crippen molar-refractivity contribution in [2.24, 2.45) is 0 Å². The fourth-order valence-electron chi connectivity index (χ4n) is 3.16. The zero-order valence-corrected chi connectivity index (χ0v) is 14.6. The summed E-state index contributed by atoms with van der Waals surface area (Å²) in [6.45, 7) is 1.65. The maximum Gasteiger partial charge on any atom is 0.249 e. The van der Waals surface area contributed by atoms with Gasteiger partial charge in [0.15, 0.2) is 0 Å². The third-order valence-electron chi connectivity index (χ3n) is 4.40. The highest BCUT2D eigenvalue weighted by Crippen LogP contribution is 2.30. The lowest BCUT2D eigenvalue weighted by Crippen LogP contribution is -2.52. The molecule has 2 aromatic rings. The van der Waals surface area contributed by atoms with Crippen molar-refractivity contribution in [2.75, 3.05) is 18.5 Å². The van der Waals surface area contributed by atoms with E-state index in [9.17, 15) is 14.7 Å². The summed E-state index contributed by atoms with van der Waals surface area (Å²) >= 11 is 0. The first-order valence-electron chi connectivity index (χ1n) is 8.52. The van der Waals surface area contributed by atoms with E-state index in [1.54, 1.807) is 17.0 Å². The first-order valence-corrected chi connectivity index (χ1v) is 8.52. The van der Waals surface area contributed by atoms with E-state index in [-0.39, 0.29) is 25.0 Å². The highest BCUT2D eigenvalue weighted by molar-refractivity contribution is 5.88. The van der Waals surface area contributed by atoms with Crippen molar-refractivity contribution in [3.8, 4) is 0 Å². The van der Waals surface area contributed by atoms with Crippen LogP contribution in [0.2, 0.25) is 0 Å². The lowest BCUT2D eigenvalue weighted by molar-refractivity contribution is -0.162. The van der Waals surface area contributed by atoms with Gasteiger partial charge in [0.2, 0.25) is 11.8 Å². The third kappa shape index (κ3) is 4.09. The smallest absolute Gasteiger partial charge is 0.249 e. The van der Waals surface area contributed by atoms with E-state index in [0.29, 0.717) is 12.2 Å². The van der Waals surface area contributed by atoms with Crippen molar-refractivity contribution in [1.29, 1.82) is 0 Å². The molecule has 6 nitrogen and oxygen atoms in total. The van der Waals surface area contributed by atoms with Crippen LogP contribution < -0.4 is 5.32 Å². The van der Waals surface area contributed by atoms with E-state index in [1.807, 2.05) is 42.5 Å². The number of amides is 2. The summed E-state index contributed by atoms with van der Waals surface area (Å²) in [5.41, 5.74) is 2.54. The molecule has 2 atom stereocenters. The van der Waals surface area contributed by atoms with E-state index in [4.69, 9.17) is 4.74 Å². The van der Waals surface area contributed by atoms with Crippen LogP contribution in [0, 0.1) is 0 Å². The minimum absolute atomic E-state index is 0.0263. The van der Waals surface area contributed by atoms with Crippen LogP contribution in [0.3, 0.4) is 0 Å². The average Bonchev–Trinajstić information content (AvgIpc) is 2.64. The summed E-state index contributed by atoms with van der Waals surface area (Å²) in [5, 5.41) is 12.6. The summed E-state index contributed by atoms with van der Waals surface area (Å²) < 4.78 is 5.73. The van der Waals surface area contributed by atoms with Gasteiger partial charge in [0, 0.05) is 19.2 Å². The Morgan fingerprint density at radius 3 is 2.50 bits per heavy atom. The number of carbonyl (C=O) groups excluding carboxylic acids is 2. The highest BCUT2D eigenvalue weighted by Gasteiger charge is 2.37.